The van der Waals surface area contributed by atoms with Gasteiger partial charge in [0.25, 0.3) is 0 Å². The zero-order valence-electron chi connectivity index (χ0n) is 11.5. The Bertz CT molecular complexity index is 425. The van der Waals surface area contributed by atoms with Crippen LogP contribution in [0.1, 0.15) is 30.9 Å². The fourth-order valence-electron chi connectivity index (χ4n) is 1.92. The number of hydrogen-bond donors (Lipinski definition) is 2. The van der Waals surface area contributed by atoms with Crippen LogP contribution in [0.25, 0.3) is 0 Å². The predicted octanol–water partition coefficient (Wildman–Crippen LogP) is 2.94. The first kappa shape index (κ1) is 16.6. The van der Waals surface area contributed by atoms with Gasteiger partial charge in [-0.05, 0) is 30.5 Å². The Labute approximate surface area is 116 Å². The van der Waals surface area contributed by atoms with Gasteiger partial charge in [0.05, 0.1) is 14.2 Å². The molecule has 1 rings (SSSR count). The van der Waals surface area contributed by atoms with E-state index in [1.807, 2.05) is 0 Å². The van der Waals surface area contributed by atoms with E-state index in [0.717, 1.165) is 5.56 Å². The van der Waals surface area contributed by atoms with Crippen LogP contribution in [0, 0.1) is 0 Å². The lowest BCUT2D eigenvalue weighted by Gasteiger charge is -2.18. The fraction of sp³-hybridized carbons (Fsp3) is 0.538. The molecule has 114 valence electrons. The maximum absolute atomic E-state index is 12.1. The second-order valence-electron chi connectivity index (χ2n) is 4.34. The van der Waals surface area contributed by atoms with E-state index in [-0.39, 0.29) is 18.9 Å². The van der Waals surface area contributed by atoms with Gasteiger partial charge in [-0.15, -0.1) is 0 Å². The first-order valence-corrected chi connectivity index (χ1v) is 6.16. The highest BCUT2D eigenvalue weighted by Crippen LogP contribution is 2.32. The number of ether oxygens (including phenoxy) is 2. The zero-order chi connectivity index (χ0) is 15.2. The number of rotatable bonds is 7. The second-order valence-corrected chi connectivity index (χ2v) is 4.34. The highest BCUT2D eigenvalue weighted by atomic mass is 19.4. The van der Waals surface area contributed by atoms with Crippen LogP contribution < -0.4 is 20.7 Å². The minimum Gasteiger partial charge on any atom is -0.493 e. The average Bonchev–Trinajstić information content (AvgIpc) is 2.41. The highest BCUT2D eigenvalue weighted by Gasteiger charge is 2.27. The monoisotopic (exact) mass is 292 g/mol. The maximum Gasteiger partial charge on any atom is 0.389 e. The first-order valence-electron chi connectivity index (χ1n) is 6.16. The van der Waals surface area contributed by atoms with E-state index in [2.05, 4.69) is 5.43 Å². The molecule has 0 heterocycles. The summed E-state index contributed by atoms with van der Waals surface area (Å²) in [6.45, 7) is 0. The van der Waals surface area contributed by atoms with Gasteiger partial charge in [0.15, 0.2) is 11.5 Å². The Kier molecular flexibility index (Phi) is 6.09. The van der Waals surface area contributed by atoms with Crippen molar-refractivity contribution in [2.24, 2.45) is 5.84 Å². The molecule has 0 aromatic heterocycles. The molecule has 1 unspecified atom stereocenters. The number of methoxy groups -OCH3 is 2. The van der Waals surface area contributed by atoms with E-state index < -0.39 is 12.6 Å². The second kappa shape index (κ2) is 7.35. The summed E-state index contributed by atoms with van der Waals surface area (Å²) in [5.41, 5.74) is 3.29. The summed E-state index contributed by atoms with van der Waals surface area (Å²) in [6, 6.07) is 4.79. The molecule has 1 aromatic carbocycles. The van der Waals surface area contributed by atoms with Crippen molar-refractivity contribution in [2.45, 2.75) is 31.5 Å². The summed E-state index contributed by atoms with van der Waals surface area (Å²) >= 11 is 0. The molecule has 4 nitrogen and oxygen atoms in total. The fourth-order valence-corrected chi connectivity index (χ4v) is 1.92. The quantitative estimate of drug-likeness (QED) is 0.599. The molecular formula is C13H19F3N2O2. The maximum atomic E-state index is 12.1. The van der Waals surface area contributed by atoms with E-state index in [1.165, 1.54) is 14.2 Å². The van der Waals surface area contributed by atoms with Crippen LogP contribution in [0.3, 0.4) is 0 Å². The van der Waals surface area contributed by atoms with Gasteiger partial charge in [0, 0.05) is 12.5 Å². The van der Waals surface area contributed by atoms with Crippen molar-refractivity contribution in [3.8, 4) is 11.5 Å². The molecule has 0 bridgehead atoms. The third-order valence-corrected chi connectivity index (χ3v) is 2.96. The number of halogens is 3. The van der Waals surface area contributed by atoms with Crippen LogP contribution in [0.5, 0.6) is 11.5 Å². The molecule has 0 aliphatic heterocycles. The number of hydrogen-bond acceptors (Lipinski definition) is 4. The van der Waals surface area contributed by atoms with Crippen LogP contribution in [0.4, 0.5) is 13.2 Å². The van der Waals surface area contributed by atoms with Gasteiger partial charge in [-0.2, -0.15) is 13.2 Å². The molecule has 0 aliphatic carbocycles. The van der Waals surface area contributed by atoms with Gasteiger partial charge < -0.3 is 9.47 Å². The van der Waals surface area contributed by atoms with Crippen LogP contribution >= 0.6 is 0 Å². The zero-order valence-corrected chi connectivity index (χ0v) is 11.5. The van der Waals surface area contributed by atoms with Crippen molar-refractivity contribution < 1.29 is 22.6 Å². The van der Waals surface area contributed by atoms with Gasteiger partial charge in [-0.3, -0.25) is 11.3 Å². The molecule has 0 saturated heterocycles. The molecule has 7 heteroatoms. The Morgan fingerprint density at radius 3 is 2.35 bits per heavy atom. The number of nitrogens with one attached hydrogen (secondary N) is 1. The molecule has 1 atom stereocenters. The summed E-state index contributed by atoms with van der Waals surface area (Å²) in [4.78, 5) is 0. The van der Waals surface area contributed by atoms with Crippen LogP contribution in [-0.4, -0.2) is 20.4 Å². The summed E-state index contributed by atoms with van der Waals surface area (Å²) in [5, 5.41) is 0. The summed E-state index contributed by atoms with van der Waals surface area (Å²) in [6.07, 6.45) is -4.67. The van der Waals surface area contributed by atoms with Gasteiger partial charge in [-0.1, -0.05) is 6.07 Å². The van der Waals surface area contributed by atoms with Crippen molar-refractivity contribution in [3.05, 3.63) is 23.8 Å². The first-order chi connectivity index (χ1) is 9.41. The van der Waals surface area contributed by atoms with Crippen molar-refractivity contribution >= 4 is 0 Å². The molecule has 0 saturated carbocycles. The number of alkyl halides is 3. The average molecular weight is 292 g/mol. The lowest BCUT2D eigenvalue weighted by Crippen LogP contribution is -2.28. The highest BCUT2D eigenvalue weighted by molar-refractivity contribution is 5.43. The SMILES string of the molecule is COc1ccc(C(CCCC(F)(F)F)NN)cc1OC. The lowest BCUT2D eigenvalue weighted by molar-refractivity contribution is -0.135. The molecule has 0 radical (unpaired) electrons. The molecule has 0 amide bonds. The van der Waals surface area contributed by atoms with Crippen molar-refractivity contribution in [1.82, 2.24) is 5.43 Å². The normalized spacial score (nSPS) is 13.1. The van der Waals surface area contributed by atoms with Crippen molar-refractivity contribution in [3.63, 3.8) is 0 Å². The minimum atomic E-state index is -4.14. The molecular weight excluding hydrogens is 273 g/mol. The van der Waals surface area contributed by atoms with Gasteiger partial charge >= 0.3 is 6.18 Å². The third kappa shape index (κ3) is 4.90. The minimum absolute atomic E-state index is 0.00666. The van der Waals surface area contributed by atoms with Crippen molar-refractivity contribution in [2.75, 3.05) is 14.2 Å². The smallest absolute Gasteiger partial charge is 0.389 e. The topological polar surface area (TPSA) is 56.5 Å². The van der Waals surface area contributed by atoms with Crippen LogP contribution in [-0.2, 0) is 0 Å². The third-order valence-electron chi connectivity index (χ3n) is 2.96. The van der Waals surface area contributed by atoms with E-state index in [0.29, 0.717) is 11.5 Å². The molecule has 0 spiro atoms. The predicted molar refractivity (Wildman–Crippen MR) is 69.5 cm³/mol. The molecule has 3 N–H and O–H groups in total. The van der Waals surface area contributed by atoms with Crippen LogP contribution in [0.2, 0.25) is 0 Å². The largest absolute Gasteiger partial charge is 0.493 e. The van der Waals surface area contributed by atoms with Crippen LogP contribution in [0.15, 0.2) is 18.2 Å². The van der Waals surface area contributed by atoms with Gasteiger partial charge in [0.2, 0.25) is 0 Å². The summed E-state index contributed by atoms with van der Waals surface area (Å²) in [5.74, 6) is 6.49. The van der Waals surface area contributed by atoms with E-state index >= 15 is 0 Å². The number of hydrazine groups is 1. The number of benzene rings is 1. The Balaban J connectivity index is 2.74. The molecule has 0 aliphatic rings. The summed E-state index contributed by atoms with van der Waals surface area (Å²) in [7, 11) is 3.01. The van der Waals surface area contributed by atoms with E-state index in [9.17, 15) is 13.2 Å². The molecule has 1 aromatic rings. The Hall–Kier alpha value is -1.47. The molecule has 0 fully saturated rings. The Morgan fingerprint density at radius 1 is 1.20 bits per heavy atom. The van der Waals surface area contributed by atoms with E-state index in [1.54, 1.807) is 18.2 Å². The van der Waals surface area contributed by atoms with E-state index in [4.69, 9.17) is 15.3 Å². The molecule has 20 heavy (non-hydrogen) atoms. The van der Waals surface area contributed by atoms with Crippen molar-refractivity contribution in [1.29, 1.82) is 0 Å². The standard InChI is InChI=1S/C13H19F3N2O2/c1-19-11-6-5-9(8-12(11)20-2)10(18-17)4-3-7-13(14,15)16/h5-6,8,10,18H,3-4,7,17H2,1-2H3. The Morgan fingerprint density at radius 2 is 1.85 bits per heavy atom. The van der Waals surface area contributed by atoms with Gasteiger partial charge in [-0.25, -0.2) is 0 Å². The summed E-state index contributed by atoms with van der Waals surface area (Å²) < 4.78 is 46.7. The lowest BCUT2D eigenvalue weighted by atomic mass is 10.0. The van der Waals surface area contributed by atoms with Gasteiger partial charge in [0.1, 0.15) is 0 Å². The number of nitrogens with two attached hydrogens (primary N) is 1.